The Bertz CT molecular complexity index is 471. The molecule has 0 spiro atoms. The fourth-order valence-electron chi connectivity index (χ4n) is 1.64. The maximum atomic E-state index is 11.6. The van der Waals surface area contributed by atoms with Crippen LogP contribution in [0.25, 0.3) is 0 Å². The Morgan fingerprint density at radius 3 is 2.88 bits per heavy atom. The lowest BCUT2D eigenvalue weighted by molar-refractivity contribution is 0.534. The molecule has 0 radical (unpaired) electrons. The number of nitrogens with zero attached hydrogens (tertiary/aromatic N) is 2. The molecule has 0 saturated heterocycles. The van der Waals surface area contributed by atoms with Crippen molar-refractivity contribution >= 4 is 0 Å². The molecule has 0 unspecified atom stereocenters. The van der Waals surface area contributed by atoms with Gasteiger partial charge in [0.15, 0.2) is 0 Å². The lowest BCUT2D eigenvalue weighted by Crippen LogP contribution is -2.40. The van der Waals surface area contributed by atoms with Gasteiger partial charge in [0.05, 0.1) is 0 Å². The van der Waals surface area contributed by atoms with Crippen molar-refractivity contribution in [2.45, 2.75) is 19.4 Å². The zero-order chi connectivity index (χ0) is 11.5. The first-order valence-electron chi connectivity index (χ1n) is 5.65. The van der Waals surface area contributed by atoms with Crippen LogP contribution in [0.3, 0.4) is 0 Å². The molecule has 0 bridgehead atoms. The third-order valence-electron chi connectivity index (χ3n) is 2.88. The van der Waals surface area contributed by atoms with E-state index in [1.807, 2.05) is 0 Å². The van der Waals surface area contributed by atoms with Crippen molar-refractivity contribution in [3.05, 3.63) is 33.1 Å². The zero-order valence-corrected chi connectivity index (χ0v) is 9.48. The molecule has 1 aliphatic rings. The highest BCUT2D eigenvalue weighted by Crippen LogP contribution is 2.27. The Morgan fingerprint density at radius 1 is 1.44 bits per heavy atom. The standard InChI is InChI=1S/C11H17N3O2/c1-13-6-4-10(15)14(11(13)16)7-5-12-8-9-2-3-9/h4,6,9,12H,2-3,5,7-8H2,1H3. The summed E-state index contributed by atoms with van der Waals surface area (Å²) in [6.45, 7) is 2.12. The fourth-order valence-corrected chi connectivity index (χ4v) is 1.64. The Morgan fingerprint density at radius 2 is 2.19 bits per heavy atom. The molecule has 16 heavy (non-hydrogen) atoms. The average molecular weight is 223 g/mol. The van der Waals surface area contributed by atoms with Crippen LogP contribution in [0.2, 0.25) is 0 Å². The van der Waals surface area contributed by atoms with Gasteiger partial charge in [0.25, 0.3) is 5.56 Å². The van der Waals surface area contributed by atoms with E-state index in [-0.39, 0.29) is 11.2 Å². The van der Waals surface area contributed by atoms with E-state index in [4.69, 9.17) is 0 Å². The first-order valence-corrected chi connectivity index (χ1v) is 5.65. The second-order valence-corrected chi connectivity index (χ2v) is 4.35. The predicted octanol–water partition coefficient (Wildman–Crippen LogP) is -0.453. The summed E-state index contributed by atoms with van der Waals surface area (Å²) in [6, 6.07) is 1.42. The van der Waals surface area contributed by atoms with Crippen LogP contribution >= 0.6 is 0 Å². The minimum absolute atomic E-state index is 0.226. The first-order chi connectivity index (χ1) is 7.68. The largest absolute Gasteiger partial charge is 0.330 e. The number of rotatable bonds is 5. The lowest BCUT2D eigenvalue weighted by Gasteiger charge is -2.07. The molecule has 88 valence electrons. The maximum Gasteiger partial charge on any atom is 0.330 e. The molecule has 1 N–H and O–H groups in total. The SMILES string of the molecule is Cn1ccc(=O)n(CCNCC2CC2)c1=O. The van der Waals surface area contributed by atoms with Gasteiger partial charge >= 0.3 is 5.69 Å². The molecule has 0 aromatic carbocycles. The van der Waals surface area contributed by atoms with Crippen molar-refractivity contribution in [1.29, 1.82) is 0 Å². The van der Waals surface area contributed by atoms with E-state index in [1.165, 1.54) is 34.2 Å². The zero-order valence-electron chi connectivity index (χ0n) is 9.48. The molecule has 1 aliphatic carbocycles. The predicted molar refractivity (Wildman–Crippen MR) is 61.5 cm³/mol. The topological polar surface area (TPSA) is 56.0 Å². The van der Waals surface area contributed by atoms with E-state index in [9.17, 15) is 9.59 Å². The Balaban J connectivity index is 1.94. The van der Waals surface area contributed by atoms with E-state index in [1.54, 1.807) is 7.05 Å². The third kappa shape index (κ3) is 2.61. The molecule has 1 aromatic rings. The molecular formula is C11H17N3O2. The molecule has 1 aromatic heterocycles. The van der Waals surface area contributed by atoms with Gasteiger partial charge in [-0.25, -0.2) is 4.79 Å². The quantitative estimate of drug-likeness (QED) is 0.688. The Labute approximate surface area is 93.7 Å². The number of aromatic nitrogens is 2. The van der Waals surface area contributed by atoms with Crippen LogP contribution in [0.5, 0.6) is 0 Å². The lowest BCUT2D eigenvalue weighted by atomic mass is 10.4. The van der Waals surface area contributed by atoms with Gasteiger partial charge in [-0.2, -0.15) is 0 Å². The van der Waals surface area contributed by atoms with Crippen molar-refractivity contribution in [2.75, 3.05) is 13.1 Å². The molecule has 2 rings (SSSR count). The molecule has 1 saturated carbocycles. The third-order valence-corrected chi connectivity index (χ3v) is 2.88. The Hall–Kier alpha value is -1.36. The number of aryl methyl sites for hydroxylation is 1. The van der Waals surface area contributed by atoms with Crippen LogP contribution in [0, 0.1) is 5.92 Å². The molecule has 0 atom stereocenters. The van der Waals surface area contributed by atoms with E-state index in [2.05, 4.69) is 5.32 Å². The highest BCUT2D eigenvalue weighted by atomic mass is 16.2. The van der Waals surface area contributed by atoms with Gasteiger partial charge in [-0.1, -0.05) is 0 Å². The van der Waals surface area contributed by atoms with Gasteiger partial charge in [-0.05, 0) is 25.3 Å². The summed E-state index contributed by atoms with van der Waals surface area (Å²) in [5, 5.41) is 3.26. The molecular weight excluding hydrogens is 206 g/mol. The first kappa shape index (κ1) is 11.1. The van der Waals surface area contributed by atoms with Crippen LogP contribution in [0.15, 0.2) is 21.9 Å². The summed E-state index contributed by atoms with van der Waals surface area (Å²) in [4.78, 5) is 23.1. The maximum absolute atomic E-state index is 11.6. The summed E-state index contributed by atoms with van der Waals surface area (Å²) in [5.41, 5.74) is -0.475. The second-order valence-electron chi connectivity index (χ2n) is 4.35. The van der Waals surface area contributed by atoms with Crippen molar-refractivity contribution < 1.29 is 0 Å². The summed E-state index contributed by atoms with van der Waals surface area (Å²) in [5.74, 6) is 0.815. The van der Waals surface area contributed by atoms with Crippen LogP contribution in [-0.4, -0.2) is 22.2 Å². The van der Waals surface area contributed by atoms with Gasteiger partial charge < -0.3 is 9.88 Å². The van der Waals surface area contributed by atoms with E-state index in [0.29, 0.717) is 13.1 Å². The van der Waals surface area contributed by atoms with Gasteiger partial charge in [0.2, 0.25) is 0 Å². The van der Waals surface area contributed by atoms with Crippen molar-refractivity contribution in [2.24, 2.45) is 13.0 Å². The van der Waals surface area contributed by atoms with Gasteiger partial charge in [0, 0.05) is 32.4 Å². The number of hydrogen-bond donors (Lipinski definition) is 1. The second kappa shape index (κ2) is 4.65. The minimum Gasteiger partial charge on any atom is -0.315 e. The molecule has 5 heteroatoms. The summed E-state index contributed by atoms with van der Waals surface area (Å²) in [7, 11) is 1.65. The van der Waals surface area contributed by atoms with Crippen LogP contribution in [0.1, 0.15) is 12.8 Å². The molecule has 0 aliphatic heterocycles. The van der Waals surface area contributed by atoms with Crippen molar-refractivity contribution in [3.63, 3.8) is 0 Å². The van der Waals surface area contributed by atoms with Crippen molar-refractivity contribution in [1.82, 2.24) is 14.5 Å². The van der Waals surface area contributed by atoms with E-state index < -0.39 is 0 Å². The van der Waals surface area contributed by atoms with Crippen LogP contribution in [0.4, 0.5) is 0 Å². The highest BCUT2D eigenvalue weighted by Gasteiger charge is 2.19. The Kier molecular flexibility index (Phi) is 3.24. The molecule has 5 nitrogen and oxygen atoms in total. The monoisotopic (exact) mass is 223 g/mol. The van der Waals surface area contributed by atoms with Crippen LogP contribution < -0.4 is 16.6 Å². The van der Waals surface area contributed by atoms with E-state index >= 15 is 0 Å². The molecule has 0 amide bonds. The minimum atomic E-state index is -0.249. The fraction of sp³-hybridized carbons (Fsp3) is 0.636. The number of hydrogen-bond acceptors (Lipinski definition) is 3. The smallest absolute Gasteiger partial charge is 0.315 e. The average Bonchev–Trinajstić information content (AvgIpc) is 3.07. The summed E-state index contributed by atoms with van der Waals surface area (Å²) in [6.07, 6.45) is 4.11. The summed E-state index contributed by atoms with van der Waals surface area (Å²) < 4.78 is 2.68. The van der Waals surface area contributed by atoms with Gasteiger partial charge in [0.1, 0.15) is 0 Å². The van der Waals surface area contributed by atoms with Crippen molar-refractivity contribution in [3.8, 4) is 0 Å². The van der Waals surface area contributed by atoms with E-state index in [0.717, 1.165) is 12.5 Å². The molecule has 1 fully saturated rings. The molecule has 1 heterocycles. The van der Waals surface area contributed by atoms with Gasteiger partial charge in [-0.3, -0.25) is 9.36 Å². The highest BCUT2D eigenvalue weighted by molar-refractivity contribution is 4.85. The summed E-state index contributed by atoms with van der Waals surface area (Å²) >= 11 is 0. The van der Waals surface area contributed by atoms with Crippen LogP contribution in [-0.2, 0) is 13.6 Å². The normalized spacial score (nSPS) is 15.3. The van der Waals surface area contributed by atoms with Gasteiger partial charge in [-0.15, -0.1) is 0 Å². The number of nitrogens with one attached hydrogen (secondary N) is 1.